The fraction of sp³-hybridized carbons (Fsp3) is 0.174. The maximum absolute atomic E-state index is 12.7. The highest BCUT2D eigenvalue weighted by atomic mass is 16.6. The topological polar surface area (TPSA) is 137 Å². The van der Waals surface area contributed by atoms with Gasteiger partial charge in [-0.25, -0.2) is 0 Å². The molecule has 162 valence electrons. The molecule has 0 aliphatic heterocycles. The lowest BCUT2D eigenvalue weighted by Gasteiger charge is -2.16. The van der Waals surface area contributed by atoms with Crippen molar-refractivity contribution in [3.05, 3.63) is 92.8 Å². The van der Waals surface area contributed by atoms with Crippen molar-refractivity contribution in [1.29, 1.82) is 0 Å². The first-order chi connectivity index (χ1) is 15.3. The Kier molecular flexibility index (Phi) is 5.55. The zero-order chi connectivity index (χ0) is 22.8. The second-order valence-corrected chi connectivity index (χ2v) is 7.54. The number of primary amides is 1. The third kappa shape index (κ3) is 4.27. The number of aryl methyl sites for hydroxylation is 2. The number of anilines is 1. The van der Waals surface area contributed by atoms with Gasteiger partial charge in [-0.1, -0.05) is 12.1 Å². The predicted octanol–water partition coefficient (Wildman–Crippen LogP) is 3.72. The Morgan fingerprint density at radius 1 is 1.16 bits per heavy atom. The Labute approximate surface area is 183 Å². The number of nitro benzene ring substituents is 1. The molecule has 1 unspecified atom stereocenters. The Morgan fingerprint density at radius 2 is 1.97 bits per heavy atom. The Balaban J connectivity index is 1.53. The number of nitro groups is 1. The number of hydrogen-bond donors (Lipinski definition) is 2. The minimum atomic E-state index is -0.587. The highest BCUT2D eigenvalue weighted by Crippen LogP contribution is 2.36. The molecule has 9 nitrogen and oxygen atoms in total. The van der Waals surface area contributed by atoms with E-state index < -0.39 is 16.7 Å². The van der Waals surface area contributed by atoms with Crippen LogP contribution in [-0.2, 0) is 6.42 Å². The third-order valence-corrected chi connectivity index (χ3v) is 5.37. The molecule has 1 aromatic heterocycles. The van der Waals surface area contributed by atoms with E-state index in [9.17, 15) is 19.7 Å². The molecule has 1 aliphatic carbocycles. The summed E-state index contributed by atoms with van der Waals surface area (Å²) in [4.78, 5) is 38.7. The average molecular weight is 432 g/mol. The smallest absolute Gasteiger partial charge is 0.273 e. The average Bonchev–Trinajstić information content (AvgIpc) is 3.16. The summed E-state index contributed by atoms with van der Waals surface area (Å²) in [7, 11) is 0. The van der Waals surface area contributed by atoms with Crippen molar-refractivity contribution < 1.29 is 19.2 Å². The molecule has 4 rings (SSSR count). The van der Waals surface area contributed by atoms with E-state index in [1.807, 2.05) is 12.1 Å². The summed E-state index contributed by atoms with van der Waals surface area (Å²) < 4.78 is 6.03. The van der Waals surface area contributed by atoms with Crippen LogP contribution in [0.25, 0.3) is 0 Å². The molecule has 0 saturated heterocycles. The summed E-state index contributed by atoms with van der Waals surface area (Å²) in [5.74, 6) is -0.599. The number of fused-ring (bicyclic) bond motifs is 1. The van der Waals surface area contributed by atoms with Crippen LogP contribution < -0.4 is 15.8 Å². The van der Waals surface area contributed by atoms with Gasteiger partial charge in [-0.3, -0.25) is 24.7 Å². The first-order valence-electron chi connectivity index (χ1n) is 9.92. The number of hydrogen-bond acceptors (Lipinski definition) is 6. The summed E-state index contributed by atoms with van der Waals surface area (Å²) in [5, 5.41) is 13.9. The first kappa shape index (κ1) is 21.0. The van der Waals surface area contributed by atoms with E-state index in [1.54, 1.807) is 31.2 Å². The van der Waals surface area contributed by atoms with Crippen LogP contribution in [0.5, 0.6) is 5.75 Å². The van der Waals surface area contributed by atoms with Gasteiger partial charge in [-0.05, 0) is 55.2 Å². The molecule has 0 radical (unpaired) electrons. The zero-order valence-electron chi connectivity index (χ0n) is 17.2. The Hall–Kier alpha value is -4.27. The lowest BCUT2D eigenvalue weighted by molar-refractivity contribution is -0.385. The normalized spacial score (nSPS) is 14.5. The van der Waals surface area contributed by atoms with Crippen molar-refractivity contribution in [1.82, 2.24) is 4.98 Å². The molecular formula is C23H20N4O5. The van der Waals surface area contributed by atoms with Gasteiger partial charge in [0.2, 0.25) is 5.91 Å². The van der Waals surface area contributed by atoms with Gasteiger partial charge in [-0.15, -0.1) is 0 Å². The summed E-state index contributed by atoms with van der Waals surface area (Å²) in [6.07, 6.45) is 4.16. The number of ether oxygens (including phenoxy) is 1. The van der Waals surface area contributed by atoms with Gasteiger partial charge >= 0.3 is 0 Å². The second kappa shape index (κ2) is 8.46. The summed E-state index contributed by atoms with van der Waals surface area (Å²) in [6, 6.07) is 11.5. The lowest BCUT2D eigenvalue weighted by atomic mass is 10.1. The standard InChI is InChI=1S/C23H20N4O5/c1-13-2-3-15(9-20(13)27(30)31)23(29)26-17-6-4-14-5-7-21(19(14)10-17)32-18-8-16(22(24)28)11-25-12-18/h2-4,6,8-12,21H,5,7H2,1H3,(H2,24,28)(H,26,29). The lowest BCUT2D eigenvalue weighted by Crippen LogP contribution is -2.13. The van der Waals surface area contributed by atoms with Crippen LogP contribution in [0.1, 0.15) is 49.9 Å². The van der Waals surface area contributed by atoms with Crippen LogP contribution in [-0.4, -0.2) is 21.7 Å². The molecule has 3 aromatic rings. The van der Waals surface area contributed by atoms with Crippen LogP contribution in [0.3, 0.4) is 0 Å². The fourth-order valence-corrected chi connectivity index (χ4v) is 3.70. The molecule has 0 spiro atoms. The summed E-state index contributed by atoms with van der Waals surface area (Å²) in [6.45, 7) is 1.62. The van der Waals surface area contributed by atoms with E-state index in [0.29, 0.717) is 17.0 Å². The van der Waals surface area contributed by atoms with E-state index in [1.165, 1.54) is 18.5 Å². The molecular weight excluding hydrogens is 412 g/mol. The highest BCUT2D eigenvalue weighted by molar-refractivity contribution is 6.04. The van der Waals surface area contributed by atoms with E-state index in [2.05, 4.69) is 10.3 Å². The van der Waals surface area contributed by atoms with Crippen molar-refractivity contribution in [3.63, 3.8) is 0 Å². The number of aromatic nitrogens is 1. The number of rotatable bonds is 6. The molecule has 0 bridgehead atoms. The van der Waals surface area contributed by atoms with E-state index in [0.717, 1.165) is 24.0 Å². The van der Waals surface area contributed by atoms with E-state index in [-0.39, 0.29) is 22.9 Å². The third-order valence-electron chi connectivity index (χ3n) is 5.37. The van der Waals surface area contributed by atoms with Crippen LogP contribution in [0.15, 0.2) is 54.9 Å². The Bertz CT molecular complexity index is 1240. The van der Waals surface area contributed by atoms with Crippen molar-refractivity contribution in [3.8, 4) is 5.75 Å². The minimum Gasteiger partial charge on any atom is -0.484 e. The van der Waals surface area contributed by atoms with Gasteiger partial charge in [0, 0.05) is 29.1 Å². The fourth-order valence-electron chi connectivity index (χ4n) is 3.70. The highest BCUT2D eigenvalue weighted by Gasteiger charge is 2.25. The number of nitrogens with zero attached hydrogens (tertiary/aromatic N) is 2. The van der Waals surface area contributed by atoms with Gasteiger partial charge in [0.1, 0.15) is 11.9 Å². The number of carbonyl (C=O) groups excluding carboxylic acids is 2. The van der Waals surface area contributed by atoms with Gasteiger partial charge in [0.15, 0.2) is 0 Å². The molecule has 0 saturated carbocycles. The molecule has 1 atom stereocenters. The van der Waals surface area contributed by atoms with Crippen LogP contribution >= 0.6 is 0 Å². The maximum atomic E-state index is 12.7. The van der Waals surface area contributed by atoms with Gasteiger partial charge in [0.25, 0.3) is 11.6 Å². The number of benzene rings is 2. The maximum Gasteiger partial charge on any atom is 0.273 e. The van der Waals surface area contributed by atoms with Crippen molar-refractivity contribution in [2.45, 2.75) is 25.9 Å². The molecule has 3 N–H and O–H groups in total. The molecule has 1 aliphatic rings. The monoisotopic (exact) mass is 432 g/mol. The molecule has 9 heteroatoms. The zero-order valence-corrected chi connectivity index (χ0v) is 17.2. The van der Waals surface area contributed by atoms with Gasteiger partial charge in [0.05, 0.1) is 16.7 Å². The molecule has 1 heterocycles. The van der Waals surface area contributed by atoms with Crippen molar-refractivity contribution >= 4 is 23.2 Å². The largest absolute Gasteiger partial charge is 0.484 e. The van der Waals surface area contributed by atoms with Crippen LogP contribution in [0, 0.1) is 17.0 Å². The number of nitrogens with two attached hydrogens (primary N) is 1. The minimum absolute atomic E-state index is 0.105. The van der Waals surface area contributed by atoms with Gasteiger partial charge < -0.3 is 15.8 Å². The van der Waals surface area contributed by atoms with Crippen LogP contribution in [0.4, 0.5) is 11.4 Å². The predicted molar refractivity (Wildman–Crippen MR) is 117 cm³/mol. The number of carbonyl (C=O) groups is 2. The first-order valence-corrected chi connectivity index (χ1v) is 9.92. The van der Waals surface area contributed by atoms with E-state index in [4.69, 9.17) is 10.5 Å². The van der Waals surface area contributed by atoms with Crippen molar-refractivity contribution in [2.75, 3.05) is 5.32 Å². The summed E-state index contributed by atoms with van der Waals surface area (Å²) in [5.41, 5.74) is 8.71. The van der Waals surface area contributed by atoms with Crippen LogP contribution in [0.2, 0.25) is 0 Å². The summed E-state index contributed by atoms with van der Waals surface area (Å²) >= 11 is 0. The van der Waals surface area contributed by atoms with Gasteiger partial charge in [-0.2, -0.15) is 0 Å². The SMILES string of the molecule is Cc1ccc(C(=O)Nc2ccc3c(c2)C(Oc2cncc(C(N)=O)c2)CC3)cc1[N+](=O)[O-]. The van der Waals surface area contributed by atoms with E-state index >= 15 is 0 Å². The Morgan fingerprint density at radius 3 is 2.72 bits per heavy atom. The quantitative estimate of drug-likeness (QED) is 0.450. The molecule has 32 heavy (non-hydrogen) atoms. The number of amides is 2. The van der Waals surface area contributed by atoms with Crippen molar-refractivity contribution in [2.24, 2.45) is 5.73 Å². The molecule has 2 aromatic carbocycles. The number of nitrogens with one attached hydrogen (secondary N) is 1. The number of pyridine rings is 1. The molecule has 0 fully saturated rings. The molecule has 2 amide bonds. The second-order valence-electron chi connectivity index (χ2n) is 7.54.